The van der Waals surface area contributed by atoms with E-state index in [4.69, 9.17) is 23.2 Å². The van der Waals surface area contributed by atoms with E-state index < -0.39 is 11.7 Å². The average Bonchev–Trinajstić information content (AvgIpc) is 2.60. The highest BCUT2D eigenvalue weighted by Crippen LogP contribution is 2.25. The monoisotopic (exact) mass is 390 g/mol. The molecule has 0 saturated heterocycles. The maximum absolute atomic E-state index is 13.8. The van der Waals surface area contributed by atoms with Crippen molar-refractivity contribution in [2.24, 2.45) is 0 Å². The number of hydrogen-bond donors (Lipinski definition) is 2. The van der Waals surface area contributed by atoms with E-state index in [-0.39, 0.29) is 17.3 Å². The van der Waals surface area contributed by atoms with Crippen LogP contribution >= 0.6 is 23.2 Å². The molecule has 0 aliphatic heterocycles. The molecule has 0 atom stereocenters. The van der Waals surface area contributed by atoms with Gasteiger partial charge in [-0.15, -0.1) is 0 Å². The molecule has 0 fully saturated rings. The molecule has 0 aliphatic carbocycles. The van der Waals surface area contributed by atoms with Gasteiger partial charge >= 0.3 is 0 Å². The SMILES string of the molecule is Cc1cc(C(=O)Nc2ccc(Cl)c(Cl)c2)nc(Nc2ccccc2F)n1. The van der Waals surface area contributed by atoms with E-state index in [1.165, 1.54) is 18.2 Å². The summed E-state index contributed by atoms with van der Waals surface area (Å²) in [5.41, 5.74) is 1.37. The molecule has 1 amide bonds. The lowest BCUT2D eigenvalue weighted by Gasteiger charge is -2.10. The van der Waals surface area contributed by atoms with Gasteiger partial charge in [-0.1, -0.05) is 35.3 Å². The van der Waals surface area contributed by atoms with Gasteiger partial charge < -0.3 is 10.6 Å². The Kier molecular flexibility index (Phi) is 5.35. The minimum absolute atomic E-state index is 0.120. The van der Waals surface area contributed by atoms with Gasteiger partial charge in [-0.05, 0) is 43.3 Å². The summed E-state index contributed by atoms with van der Waals surface area (Å²) in [6, 6.07) is 12.4. The second kappa shape index (κ2) is 7.68. The number of carbonyl (C=O) groups is 1. The number of nitrogens with one attached hydrogen (secondary N) is 2. The van der Waals surface area contributed by atoms with Crippen molar-refractivity contribution in [3.05, 3.63) is 75.8 Å². The molecule has 2 aromatic carbocycles. The summed E-state index contributed by atoms with van der Waals surface area (Å²) in [5, 5.41) is 6.17. The van der Waals surface area contributed by atoms with E-state index in [9.17, 15) is 9.18 Å². The van der Waals surface area contributed by atoms with Crippen LogP contribution in [0.2, 0.25) is 10.0 Å². The van der Waals surface area contributed by atoms with Crippen molar-refractivity contribution in [1.82, 2.24) is 9.97 Å². The zero-order valence-electron chi connectivity index (χ0n) is 13.6. The highest BCUT2D eigenvalue weighted by atomic mass is 35.5. The molecule has 0 saturated carbocycles. The summed E-state index contributed by atoms with van der Waals surface area (Å²) in [6.45, 7) is 1.71. The Labute approximate surface area is 159 Å². The standard InChI is InChI=1S/C18H13Cl2FN4O/c1-10-8-16(17(26)23-11-6-7-12(19)13(20)9-11)25-18(22-10)24-15-5-3-2-4-14(15)21/h2-9H,1H3,(H,23,26)(H,22,24,25). The van der Waals surface area contributed by atoms with Gasteiger partial charge in [0, 0.05) is 11.4 Å². The molecule has 0 aliphatic rings. The van der Waals surface area contributed by atoms with Gasteiger partial charge in [0.15, 0.2) is 0 Å². The van der Waals surface area contributed by atoms with Crippen molar-refractivity contribution in [2.45, 2.75) is 6.92 Å². The van der Waals surface area contributed by atoms with Crippen LogP contribution in [-0.2, 0) is 0 Å². The fourth-order valence-electron chi connectivity index (χ4n) is 2.19. The fourth-order valence-corrected chi connectivity index (χ4v) is 2.49. The van der Waals surface area contributed by atoms with E-state index in [0.717, 1.165) is 0 Å². The Balaban J connectivity index is 1.83. The maximum atomic E-state index is 13.8. The first-order valence-corrected chi connectivity index (χ1v) is 8.31. The zero-order valence-corrected chi connectivity index (χ0v) is 15.1. The smallest absolute Gasteiger partial charge is 0.274 e. The topological polar surface area (TPSA) is 66.9 Å². The highest BCUT2D eigenvalue weighted by Gasteiger charge is 2.13. The first-order valence-electron chi connectivity index (χ1n) is 7.56. The molecule has 2 N–H and O–H groups in total. The molecule has 0 unspecified atom stereocenters. The number of amides is 1. The lowest BCUT2D eigenvalue weighted by atomic mass is 10.2. The van der Waals surface area contributed by atoms with Crippen LogP contribution in [0.1, 0.15) is 16.2 Å². The van der Waals surface area contributed by atoms with Crippen LogP contribution < -0.4 is 10.6 Å². The Bertz CT molecular complexity index is 981. The summed E-state index contributed by atoms with van der Waals surface area (Å²) in [4.78, 5) is 20.8. The number of hydrogen-bond acceptors (Lipinski definition) is 4. The third kappa shape index (κ3) is 4.28. The molecule has 1 heterocycles. The minimum atomic E-state index is -0.453. The first kappa shape index (κ1) is 18.1. The van der Waals surface area contributed by atoms with Gasteiger partial charge in [0.2, 0.25) is 5.95 Å². The van der Waals surface area contributed by atoms with Crippen molar-refractivity contribution < 1.29 is 9.18 Å². The average molecular weight is 391 g/mol. The summed E-state index contributed by atoms with van der Waals surface area (Å²) in [6.07, 6.45) is 0. The first-order chi connectivity index (χ1) is 12.4. The molecular weight excluding hydrogens is 378 g/mol. The molecule has 0 spiro atoms. The van der Waals surface area contributed by atoms with Gasteiger partial charge in [-0.2, -0.15) is 0 Å². The number of aromatic nitrogens is 2. The lowest BCUT2D eigenvalue weighted by molar-refractivity contribution is 0.102. The molecule has 8 heteroatoms. The van der Waals surface area contributed by atoms with E-state index in [1.54, 1.807) is 37.3 Å². The van der Waals surface area contributed by atoms with Gasteiger partial charge in [0.1, 0.15) is 11.5 Å². The zero-order chi connectivity index (χ0) is 18.7. The second-order valence-electron chi connectivity index (χ2n) is 5.41. The van der Waals surface area contributed by atoms with Crippen LogP contribution in [0.15, 0.2) is 48.5 Å². The van der Waals surface area contributed by atoms with Crippen LogP contribution in [0.25, 0.3) is 0 Å². The molecule has 0 bridgehead atoms. The minimum Gasteiger partial charge on any atom is -0.322 e. The fraction of sp³-hybridized carbons (Fsp3) is 0.0556. The number of halogens is 3. The molecule has 0 radical (unpaired) electrons. The third-order valence-corrected chi connectivity index (χ3v) is 4.12. The van der Waals surface area contributed by atoms with E-state index in [0.29, 0.717) is 21.4 Å². The molecule has 3 aromatic rings. The quantitative estimate of drug-likeness (QED) is 0.640. The van der Waals surface area contributed by atoms with E-state index >= 15 is 0 Å². The van der Waals surface area contributed by atoms with Gasteiger partial charge in [-0.3, -0.25) is 4.79 Å². The number of carbonyl (C=O) groups excluding carboxylic acids is 1. The van der Waals surface area contributed by atoms with Crippen LogP contribution in [0, 0.1) is 12.7 Å². The number of benzene rings is 2. The molecule has 5 nitrogen and oxygen atoms in total. The second-order valence-corrected chi connectivity index (χ2v) is 6.22. The molecule has 3 rings (SSSR count). The Morgan fingerprint density at radius 3 is 2.54 bits per heavy atom. The van der Waals surface area contributed by atoms with Crippen LogP contribution in [0.4, 0.5) is 21.7 Å². The molecule has 132 valence electrons. The van der Waals surface area contributed by atoms with Crippen LogP contribution in [0.5, 0.6) is 0 Å². The number of aryl methyl sites for hydroxylation is 1. The third-order valence-electron chi connectivity index (χ3n) is 3.38. The van der Waals surface area contributed by atoms with Gasteiger partial charge in [0.05, 0.1) is 15.7 Å². The van der Waals surface area contributed by atoms with E-state index in [2.05, 4.69) is 20.6 Å². The van der Waals surface area contributed by atoms with Crippen molar-refractivity contribution in [2.75, 3.05) is 10.6 Å². The summed E-state index contributed by atoms with van der Waals surface area (Å²) in [7, 11) is 0. The summed E-state index contributed by atoms with van der Waals surface area (Å²) < 4.78 is 13.8. The largest absolute Gasteiger partial charge is 0.322 e. The van der Waals surface area contributed by atoms with Gasteiger partial charge in [-0.25, -0.2) is 14.4 Å². The Morgan fingerprint density at radius 2 is 1.81 bits per heavy atom. The van der Waals surface area contributed by atoms with Crippen molar-refractivity contribution in [1.29, 1.82) is 0 Å². The Hall–Kier alpha value is -2.70. The van der Waals surface area contributed by atoms with E-state index in [1.807, 2.05) is 0 Å². The molecular formula is C18H13Cl2FN4O. The predicted molar refractivity (Wildman–Crippen MR) is 101 cm³/mol. The van der Waals surface area contributed by atoms with Crippen molar-refractivity contribution in [3.63, 3.8) is 0 Å². The predicted octanol–water partition coefficient (Wildman–Crippen LogP) is 5.23. The maximum Gasteiger partial charge on any atom is 0.274 e. The highest BCUT2D eigenvalue weighted by molar-refractivity contribution is 6.42. The van der Waals surface area contributed by atoms with Gasteiger partial charge in [0.25, 0.3) is 5.91 Å². The van der Waals surface area contributed by atoms with Crippen LogP contribution in [0.3, 0.4) is 0 Å². The number of para-hydroxylation sites is 1. The van der Waals surface area contributed by atoms with Crippen LogP contribution in [-0.4, -0.2) is 15.9 Å². The number of nitrogens with zero attached hydrogens (tertiary/aromatic N) is 2. The summed E-state index contributed by atoms with van der Waals surface area (Å²) in [5.74, 6) is -0.778. The Morgan fingerprint density at radius 1 is 1.04 bits per heavy atom. The summed E-state index contributed by atoms with van der Waals surface area (Å²) >= 11 is 11.8. The molecule has 1 aromatic heterocycles. The normalized spacial score (nSPS) is 10.5. The number of rotatable bonds is 4. The number of anilines is 3. The lowest BCUT2D eigenvalue weighted by Crippen LogP contribution is -2.15. The van der Waals surface area contributed by atoms with Crippen molar-refractivity contribution >= 4 is 46.4 Å². The molecule has 26 heavy (non-hydrogen) atoms. The van der Waals surface area contributed by atoms with Crippen molar-refractivity contribution in [3.8, 4) is 0 Å².